The SMILES string of the molecule is COc1cccc2c1C(=O)c1c(O)c3c(c(O)c1C2=O)CC(O)(C(=O)CO)CC3OC1CC(NC(=O)C(CC(C)C)NC(=O)C(C)NC(=O)C(CC(C)C)NC(=O)C(C)N)C(O)C(C)O1. The number of hydrogen-bond acceptors (Lipinski definition) is 16. The number of methoxy groups -OCH3 is 1. The average Bonchev–Trinajstić information content (AvgIpc) is 3.23. The fraction of sp³-hybridized carbons (Fsp3) is 0.578. The lowest BCUT2D eigenvalue weighted by molar-refractivity contribution is -0.249. The van der Waals surface area contributed by atoms with Crippen LogP contribution in [0.15, 0.2) is 18.2 Å². The quantitative estimate of drug-likeness (QED) is 0.0802. The van der Waals surface area contributed by atoms with Crippen LogP contribution in [0.25, 0.3) is 0 Å². The van der Waals surface area contributed by atoms with Gasteiger partial charge in [0.1, 0.15) is 53.7 Å². The zero-order valence-electron chi connectivity index (χ0n) is 37.7. The third-order valence-corrected chi connectivity index (χ3v) is 11.9. The molecule has 10 atom stereocenters. The minimum absolute atomic E-state index is 0.0000592. The number of benzene rings is 2. The van der Waals surface area contributed by atoms with Gasteiger partial charge in [0.25, 0.3) is 0 Å². The molecule has 20 nitrogen and oxygen atoms in total. The molecule has 1 saturated heterocycles. The van der Waals surface area contributed by atoms with Crippen LogP contribution in [0.1, 0.15) is 123 Å². The van der Waals surface area contributed by atoms with Gasteiger partial charge in [0.15, 0.2) is 17.9 Å². The maximum atomic E-state index is 14.0. The van der Waals surface area contributed by atoms with Crippen LogP contribution in [-0.2, 0) is 39.9 Å². The molecule has 2 aliphatic carbocycles. The van der Waals surface area contributed by atoms with Crippen molar-refractivity contribution in [3.05, 3.63) is 51.6 Å². The highest BCUT2D eigenvalue weighted by Gasteiger charge is 2.50. The third kappa shape index (κ3) is 10.6. The van der Waals surface area contributed by atoms with Crippen molar-refractivity contribution in [1.82, 2.24) is 21.3 Å². The van der Waals surface area contributed by atoms with Crippen LogP contribution in [0.5, 0.6) is 17.2 Å². The molecule has 65 heavy (non-hydrogen) atoms. The van der Waals surface area contributed by atoms with Gasteiger partial charge in [-0.1, -0.05) is 39.8 Å². The third-order valence-electron chi connectivity index (χ3n) is 11.9. The molecular formula is C45H61N5O15. The number of carbonyl (C=O) groups is 7. The number of fused-ring (bicyclic) bond motifs is 3. The number of nitrogens with one attached hydrogen (secondary N) is 4. The zero-order chi connectivity index (χ0) is 48.4. The Bertz CT molecular complexity index is 2210. The van der Waals surface area contributed by atoms with E-state index in [0.717, 1.165) is 0 Å². The molecule has 1 heterocycles. The van der Waals surface area contributed by atoms with E-state index in [1.807, 2.05) is 27.7 Å². The number of hydrogen-bond donors (Lipinski definition) is 10. The first-order valence-electron chi connectivity index (χ1n) is 21.6. The van der Waals surface area contributed by atoms with Gasteiger partial charge in [-0.15, -0.1) is 0 Å². The molecule has 2 aromatic carbocycles. The van der Waals surface area contributed by atoms with Gasteiger partial charge in [-0.05, 0) is 51.5 Å². The normalized spacial score (nSPS) is 24.4. The van der Waals surface area contributed by atoms with Crippen molar-refractivity contribution in [3.8, 4) is 17.2 Å². The number of aliphatic hydroxyl groups is 3. The van der Waals surface area contributed by atoms with Gasteiger partial charge in [-0.3, -0.25) is 33.6 Å². The number of carbonyl (C=O) groups excluding carboxylic acids is 7. The van der Waals surface area contributed by atoms with Gasteiger partial charge in [0.05, 0.1) is 48.1 Å². The second kappa shape index (κ2) is 20.3. The number of nitrogens with two attached hydrogens (primary N) is 1. The Balaban J connectivity index is 1.40. The molecule has 0 saturated carbocycles. The fourth-order valence-electron chi connectivity index (χ4n) is 8.53. The second-order valence-corrected chi connectivity index (χ2v) is 18.0. The van der Waals surface area contributed by atoms with Gasteiger partial charge in [0, 0.05) is 36.0 Å². The molecule has 11 N–H and O–H groups in total. The van der Waals surface area contributed by atoms with E-state index in [2.05, 4.69) is 21.3 Å². The Kier molecular flexibility index (Phi) is 15.8. The van der Waals surface area contributed by atoms with E-state index < -0.39 is 143 Å². The summed E-state index contributed by atoms with van der Waals surface area (Å²) in [4.78, 5) is 94.0. The summed E-state index contributed by atoms with van der Waals surface area (Å²) in [7, 11) is 1.29. The van der Waals surface area contributed by atoms with Crippen LogP contribution in [0, 0.1) is 11.8 Å². The van der Waals surface area contributed by atoms with E-state index in [1.54, 1.807) is 0 Å². The number of Topliss-reactive ketones (excluding diaryl/α,β-unsaturated/α-hetero) is 1. The van der Waals surface area contributed by atoms with E-state index in [4.69, 9.17) is 19.9 Å². The maximum Gasteiger partial charge on any atom is 0.243 e. The Hall–Kier alpha value is -5.51. The number of phenolic OH excluding ortho intramolecular Hbond substituents is 2. The molecule has 0 spiro atoms. The monoisotopic (exact) mass is 911 g/mol. The Morgan fingerprint density at radius 3 is 2.05 bits per heavy atom. The molecule has 0 aromatic heterocycles. The summed E-state index contributed by atoms with van der Waals surface area (Å²) in [5, 5.41) is 66.9. The van der Waals surface area contributed by atoms with Crippen LogP contribution in [0.2, 0.25) is 0 Å². The Morgan fingerprint density at radius 1 is 0.862 bits per heavy atom. The van der Waals surface area contributed by atoms with Crippen molar-refractivity contribution < 1.29 is 73.3 Å². The number of aromatic hydroxyl groups is 2. The standard InChI is InChI=1S/C45H61N5O15/c1-18(2)12-26(49-41(58)20(5)46)43(60)47-21(6)42(59)50-27(13-19(3)4)44(61)48-25-14-31(64-22(7)36(25)53)65-29-16-45(62,30(52)17-51)15-24-33(29)40(57)35-34(38(24)55)37(54)23-10-9-11-28(63-8)32(23)39(35)56/h9-11,18-22,25-27,29,31,36,51,53,55,57,62H,12-17,46H2,1-8H3,(H,47,60)(H,48,61)(H,49,58)(H,50,59). The van der Waals surface area contributed by atoms with Crippen LogP contribution in [0.3, 0.4) is 0 Å². The molecule has 1 aliphatic heterocycles. The van der Waals surface area contributed by atoms with E-state index in [-0.39, 0.29) is 59.1 Å². The summed E-state index contributed by atoms with van der Waals surface area (Å²) in [5.41, 5.74) is 1.31. The second-order valence-electron chi connectivity index (χ2n) is 18.0. The lowest BCUT2D eigenvalue weighted by atomic mass is 9.72. The number of aliphatic hydroxyl groups excluding tert-OH is 2. The number of ketones is 3. The van der Waals surface area contributed by atoms with E-state index in [9.17, 15) is 59.1 Å². The summed E-state index contributed by atoms with van der Waals surface area (Å²) in [6.45, 7) is 10.6. The van der Waals surface area contributed by atoms with Crippen LogP contribution < -0.4 is 31.7 Å². The van der Waals surface area contributed by atoms with Crippen molar-refractivity contribution in [1.29, 1.82) is 0 Å². The summed E-state index contributed by atoms with van der Waals surface area (Å²) in [5.74, 6) is -7.04. The minimum Gasteiger partial charge on any atom is -0.507 e. The highest BCUT2D eigenvalue weighted by molar-refractivity contribution is 6.31. The minimum atomic E-state index is -2.41. The summed E-state index contributed by atoms with van der Waals surface area (Å²) >= 11 is 0. The fourth-order valence-corrected chi connectivity index (χ4v) is 8.53. The molecule has 3 aliphatic rings. The van der Waals surface area contributed by atoms with Crippen LogP contribution in [-0.4, -0.2) is 135 Å². The molecule has 2 aromatic rings. The smallest absolute Gasteiger partial charge is 0.243 e. The lowest BCUT2D eigenvalue weighted by Crippen LogP contribution is -2.60. The van der Waals surface area contributed by atoms with Crippen molar-refractivity contribution in [2.75, 3.05) is 13.7 Å². The Morgan fingerprint density at radius 2 is 1.46 bits per heavy atom. The molecule has 20 heteroatoms. The number of amides is 4. The van der Waals surface area contributed by atoms with E-state index in [0.29, 0.717) is 0 Å². The van der Waals surface area contributed by atoms with Crippen LogP contribution >= 0.6 is 0 Å². The Labute approximate surface area is 375 Å². The maximum absolute atomic E-state index is 14.0. The van der Waals surface area contributed by atoms with Crippen molar-refractivity contribution in [3.63, 3.8) is 0 Å². The van der Waals surface area contributed by atoms with Crippen LogP contribution in [0.4, 0.5) is 0 Å². The van der Waals surface area contributed by atoms with Crippen molar-refractivity contribution in [2.24, 2.45) is 17.6 Å². The molecule has 356 valence electrons. The summed E-state index contributed by atoms with van der Waals surface area (Å²) in [6, 6.07) is -1.04. The molecule has 1 fully saturated rings. The first-order chi connectivity index (χ1) is 30.4. The lowest BCUT2D eigenvalue weighted by Gasteiger charge is -2.43. The van der Waals surface area contributed by atoms with Gasteiger partial charge in [0.2, 0.25) is 29.4 Å². The summed E-state index contributed by atoms with van der Waals surface area (Å²) < 4.78 is 17.6. The van der Waals surface area contributed by atoms with E-state index >= 15 is 0 Å². The molecular weight excluding hydrogens is 851 g/mol. The molecule has 4 amide bonds. The molecule has 0 radical (unpaired) electrons. The first-order valence-corrected chi connectivity index (χ1v) is 21.6. The molecule has 0 bridgehead atoms. The van der Waals surface area contributed by atoms with Crippen molar-refractivity contribution >= 4 is 41.0 Å². The highest BCUT2D eigenvalue weighted by Crippen LogP contribution is 2.52. The van der Waals surface area contributed by atoms with Gasteiger partial charge in [-0.25, -0.2) is 0 Å². The zero-order valence-corrected chi connectivity index (χ0v) is 37.7. The average molecular weight is 912 g/mol. The van der Waals surface area contributed by atoms with Crippen molar-refractivity contribution in [2.45, 2.75) is 141 Å². The van der Waals surface area contributed by atoms with E-state index in [1.165, 1.54) is 46.1 Å². The number of rotatable bonds is 17. The largest absolute Gasteiger partial charge is 0.507 e. The van der Waals surface area contributed by atoms with Gasteiger partial charge in [-0.2, -0.15) is 0 Å². The molecule has 10 unspecified atom stereocenters. The first kappa shape index (κ1) is 50.5. The topological polar surface area (TPSA) is 322 Å². The number of ether oxygens (including phenoxy) is 3. The highest BCUT2D eigenvalue weighted by atomic mass is 16.7. The summed E-state index contributed by atoms with van der Waals surface area (Å²) in [6.07, 6.45) is -6.51. The predicted octanol–water partition coefficient (Wildman–Crippen LogP) is 0.0725. The molecule has 5 rings (SSSR count). The van der Waals surface area contributed by atoms with Gasteiger partial charge < -0.3 is 66.7 Å². The predicted molar refractivity (Wildman–Crippen MR) is 230 cm³/mol. The van der Waals surface area contributed by atoms with Gasteiger partial charge >= 0.3 is 0 Å². The number of phenols is 2.